The van der Waals surface area contributed by atoms with Crippen LogP contribution in [0.3, 0.4) is 0 Å². The predicted molar refractivity (Wildman–Crippen MR) is 60.8 cm³/mol. The Morgan fingerprint density at radius 1 is 0.812 bits per heavy atom. The van der Waals surface area contributed by atoms with Crippen LogP contribution in [0.4, 0.5) is 5.69 Å². The van der Waals surface area contributed by atoms with Gasteiger partial charge in [0.25, 0.3) is 5.91 Å². The molecule has 0 aliphatic rings. The Bertz CT molecular complexity index is 442. The van der Waals surface area contributed by atoms with Gasteiger partial charge in [-0.05, 0) is 24.3 Å². The normalized spacial score (nSPS) is 9.00. The molecule has 16 heavy (non-hydrogen) atoms. The molecule has 0 aromatic heterocycles. The molecule has 2 rings (SSSR count). The molecule has 1 amide bonds. The molecule has 0 saturated carbocycles. The van der Waals surface area contributed by atoms with Gasteiger partial charge in [-0.15, -0.1) is 0 Å². The molecule has 0 unspecified atom stereocenters. The van der Waals surface area contributed by atoms with Crippen LogP contribution >= 0.6 is 0 Å². The summed E-state index contributed by atoms with van der Waals surface area (Å²) in [6.07, 6.45) is 0. The Kier molecular flexibility index (Phi) is 5.12. The number of carbonyl (C=O) groups excluding carboxylic acids is 1. The fraction of sp³-hybridized carbons (Fsp3) is 0. The van der Waals surface area contributed by atoms with E-state index < -0.39 is 0 Å². The number of nitrogens with one attached hydrogen (secondary N) is 1. The maximum atomic E-state index is 11.7. The Balaban J connectivity index is 0.00000128. The Hall–Kier alpha value is -1.22. The van der Waals surface area contributed by atoms with Gasteiger partial charge in [0.05, 0.1) is 0 Å². The average molecular weight is 376 g/mol. The summed E-state index contributed by atoms with van der Waals surface area (Å²) in [6, 6.07) is 18.6. The van der Waals surface area contributed by atoms with E-state index in [0.29, 0.717) is 5.56 Å². The second-order valence-electron chi connectivity index (χ2n) is 3.19. The molecule has 2 nitrogen and oxygen atoms in total. The zero-order chi connectivity index (χ0) is 10.5. The van der Waals surface area contributed by atoms with E-state index in [0.717, 1.165) is 5.69 Å². The van der Waals surface area contributed by atoms with E-state index in [1.165, 1.54) is 0 Å². The van der Waals surface area contributed by atoms with Gasteiger partial charge in [-0.2, -0.15) is 0 Å². The van der Waals surface area contributed by atoms with Crippen LogP contribution in [0.1, 0.15) is 10.4 Å². The monoisotopic (exact) mass is 377 g/mol. The first kappa shape index (κ1) is 12.8. The summed E-state index contributed by atoms with van der Waals surface area (Å²) in [7, 11) is 0. The van der Waals surface area contributed by atoms with Gasteiger partial charge in [0.1, 0.15) is 0 Å². The van der Waals surface area contributed by atoms with E-state index in [1.807, 2.05) is 48.5 Å². The van der Waals surface area contributed by atoms with Crippen molar-refractivity contribution in [1.82, 2.24) is 0 Å². The first-order chi connectivity index (χ1) is 7.36. The van der Waals surface area contributed by atoms with E-state index >= 15 is 0 Å². The molecule has 0 spiro atoms. The average Bonchev–Trinajstić information content (AvgIpc) is 2.31. The predicted octanol–water partition coefficient (Wildman–Crippen LogP) is 2.94. The van der Waals surface area contributed by atoms with Gasteiger partial charge in [-0.25, -0.2) is 0 Å². The van der Waals surface area contributed by atoms with Gasteiger partial charge in [0.15, 0.2) is 0 Å². The largest absolute Gasteiger partial charge is 0.322 e. The van der Waals surface area contributed by atoms with Crippen molar-refractivity contribution < 1.29 is 30.6 Å². The van der Waals surface area contributed by atoms with Gasteiger partial charge < -0.3 is 5.32 Å². The molecule has 0 bridgehead atoms. The summed E-state index contributed by atoms with van der Waals surface area (Å²) in [5, 5.41) is 2.82. The van der Waals surface area contributed by atoms with Crippen LogP contribution in [-0.4, -0.2) is 5.91 Å². The minimum Gasteiger partial charge on any atom is -0.322 e. The van der Waals surface area contributed by atoms with Crippen LogP contribution in [0.2, 0.25) is 0 Å². The van der Waals surface area contributed by atoms with Gasteiger partial charge in [0.2, 0.25) is 0 Å². The van der Waals surface area contributed by atoms with Gasteiger partial charge >= 0.3 is 0 Å². The summed E-state index contributed by atoms with van der Waals surface area (Å²) in [4.78, 5) is 11.7. The van der Waals surface area contributed by atoms with Crippen molar-refractivity contribution in [2.24, 2.45) is 0 Å². The first-order valence-electron chi connectivity index (χ1n) is 4.78. The molecule has 2 aromatic rings. The van der Waals surface area contributed by atoms with Crippen LogP contribution in [0.25, 0.3) is 0 Å². The fourth-order valence-corrected chi connectivity index (χ4v) is 1.31. The van der Waals surface area contributed by atoms with Crippen molar-refractivity contribution in [3.05, 3.63) is 66.2 Å². The molecule has 0 aliphatic heterocycles. The van der Waals surface area contributed by atoms with Crippen molar-refractivity contribution in [2.45, 2.75) is 0 Å². The zero-order valence-electron chi connectivity index (χ0n) is 8.68. The second kappa shape index (κ2) is 6.38. The van der Waals surface area contributed by atoms with Crippen LogP contribution in [0.5, 0.6) is 0 Å². The van der Waals surface area contributed by atoms with Crippen LogP contribution in [0.15, 0.2) is 60.7 Å². The number of benzene rings is 2. The van der Waals surface area contributed by atoms with Gasteiger partial charge in [-0.3, -0.25) is 4.79 Å². The Labute approximate surface area is 113 Å². The Morgan fingerprint density at radius 3 is 1.88 bits per heavy atom. The van der Waals surface area contributed by atoms with Crippen molar-refractivity contribution >= 4 is 11.6 Å². The summed E-state index contributed by atoms with van der Waals surface area (Å²) in [5.41, 5.74) is 1.48. The smallest absolute Gasteiger partial charge is 0.255 e. The second-order valence-corrected chi connectivity index (χ2v) is 3.19. The number of amides is 1. The minimum absolute atomic E-state index is 0. The van der Waals surface area contributed by atoms with E-state index in [2.05, 4.69) is 5.32 Å². The van der Waals surface area contributed by atoms with Gasteiger partial charge in [0, 0.05) is 37.1 Å². The summed E-state index contributed by atoms with van der Waals surface area (Å²) >= 11 is 0. The summed E-state index contributed by atoms with van der Waals surface area (Å²) in [5.74, 6) is -0.0817. The van der Waals surface area contributed by atoms with E-state index in [1.54, 1.807) is 12.1 Å². The number of para-hydroxylation sites is 1. The van der Waals surface area contributed by atoms with Crippen LogP contribution in [0, 0.1) is 0 Å². The molecule has 0 aliphatic carbocycles. The maximum Gasteiger partial charge on any atom is 0.255 e. The van der Waals surface area contributed by atoms with Crippen molar-refractivity contribution in [3.8, 4) is 0 Å². The third-order valence-electron chi connectivity index (χ3n) is 2.07. The number of rotatable bonds is 2. The Morgan fingerprint density at radius 2 is 1.31 bits per heavy atom. The van der Waals surface area contributed by atoms with Crippen LogP contribution in [-0.2, 0) is 25.8 Å². The van der Waals surface area contributed by atoms with Gasteiger partial charge in [-0.1, -0.05) is 36.4 Å². The van der Waals surface area contributed by atoms with E-state index in [4.69, 9.17) is 0 Å². The molecule has 2 aromatic carbocycles. The standard InChI is InChI=1S/C13H11NO.Hf/c15-13(11-7-3-1-4-8-11)14-12-9-5-2-6-10-12;/h1-10H,(H,14,15);. The number of hydrogen-bond donors (Lipinski definition) is 1. The molecule has 78 valence electrons. The molecular formula is C13H11HfNO. The number of carbonyl (C=O) groups is 1. The zero-order valence-corrected chi connectivity index (χ0v) is 12.3. The molecule has 0 atom stereocenters. The molecule has 1 N–H and O–H groups in total. The summed E-state index contributed by atoms with van der Waals surface area (Å²) < 4.78 is 0. The van der Waals surface area contributed by atoms with E-state index in [9.17, 15) is 4.79 Å². The number of hydrogen-bond acceptors (Lipinski definition) is 1. The molecule has 3 heteroatoms. The van der Waals surface area contributed by atoms with Crippen molar-refractivity contribution in [3.63, 3.8) is 0 Å². The van der Waals surface area contributed by atoms with Crippen molar-refractivity contribution in [2.75, 3.05) is 5.32 Å². The molecule has 0 saturated heterocycles. The summed E-state index contributed by atoms with van der Waals surface area (Å²) in [6.45, 7) is 0. The third kappa shape index (κ3) is 3.42. The maximum absolute atomic E-state index is 11.7. The molecule has 0 radical (unpaired) electrons. The SMILES string of the molecule is O=C(Nc1ccccc1)c1ccccc1.[Hf]. The quantitative estimate of drug-likeness (QED) is 0.803. The number of anilines is 1. The van der Waals surface area contributed by atoms with Crippen LogP contribution < -0.4 is 5.32 Å². The fourth-order valence-electron chi connectivity index (χ4n) is 1.31. The first-order valence-corrected chi connectivity index (χ1v) is 4.78. The topological polar surface area (TPSA) is 29.1 Å². The molecular weight excluding hydrogens is 365 g/mol. The molecule has 0 fully saturated rings. The third-order valence-corrected chi connectivity index (χ3v) is 2.07. The van der Waals surface area contributed by atoms with Crippen molar-refractivity contribution in [1.29, 1.82) is 0 Å². The van der Waals surface area contributed by atoms with E-state index in [-0.39, 0.29) is 31.8 Å². The minimum atomic E-state index is -0.0817. The molecule has 0 heterocycles.